The highest BCUT2D eigenvalue weighted by molar-refractivity contribution is 5.72. The van der Waals surface area contributed by atoms with Crippen LogP contribution >= 0.6 is 0 Å². The molecule has 0 N–H and O–H groups in total. The predicted octanol–water partition coefficient (Wildman–Crippen LogP) is 2.04. The van der Waals surface area contributed by atoms with Crippen molar-refractivity contribution in [1.82, 2.24) is 0 Å². The van der Waals surface area contributed by atoms with Crippen molar-refractivity contribution in [2.75, 3.05) is 19.8 Å². The summed E-state index contributed by atoms with van der Waals surface area (Å²) in [6.07, 6.45) is -0.262. The molecule has 1 aromatic carbocycles. The molecule has 0 saturated carbocycles. The first-order chi connectivity index (χ1) is 9.31. The number of hydrogen-bond donors (Lipinski definition) is 0. The molecule has 2 rings (SSSR count). The van der Waals surface area contributed by atoms with E-state index in [2.05, 4.69) is 11.8 Å². The van der Waals surface area contributed by atoms with Crippen LogP contribution in [0.15, 0.2) is 24.3 Å². The van der Waals surface area contributed by atoms with Crippen molar-refractivity contribution in [1.29, 1.82) is 0 Å². The number of esters is 1. The molecule has 0 radical (unpaired) electrons. The Balaban J connectivity index is 2.07. The van der Waals surface area contributed by atoms with Gasteiger partial charge < -0.3 is 14.2 Å². The predicted molar refractivity (Wildman–Crippen MR) is 69.2 cm³/mol. The Morgan fingerprint density at radius 3 is 2.84 bits per heavy atom. The van der Waals surface area contributed by atoms with Gasteiger partial charge in [-0.1, -0.05) is 30.0 Å². The van der Waals surface area contributed by atoms with Gasteiger partial charge in [-0.3, -0.25) is 4.79 Å². The van der Waals surface area contributed by atoms with Gasteiger partial charge in [0.15, 0.2) is 6.29 Å². The SMILES string of the molecule is CCOC(=O)CC#Cc1ccccc1C1OCCO1. The minimum atomic E-state index is -0.354. The summed E-state index contributed by atoms with van der Waals surface area (Å²) in [5.74, 6) is 5.48. The fraction of sp³-hybridized carbons (Fsp3) is 0.400. The average molecular weight is 260 g/mol. The molecule has 1 fully saturated rings. The van der Waals surface area contributed by atoms with Crippen molar-refractivity contribution in [2.45, 2.75) is 19.6 Å². The summed E-state index contributed by atoms with van der Waals surface area (Å²) in [6, 6.07) is 7.62. The van der Waals surface area contributed by atoms with Gasteiger partial charge in [0.05, 0.1) is 19.8 Å². The van der Waals surface area contributed by atoms with Crippen LogP contribution in [0.3, 0.4) is 0 Å². The number of rotatable bonds is 3. The van der Waals surface area contributed by atoms with Crippen LogP contribution in [0.2, 0.25) is 0 Å². The lowest BCUT2D eigenvalue weighted by molar-refractivity contribution is -0.141. The quantitative estimate of drug-likeness (QED) is 0.616. The smallest absolute Gasteiger partial charge is 0.317 e. The molecular formula is C15H16O4. The van der Waals surface area contributed by atoms with Crippen LogP contribution < -0.4 is 0 Å². The first-order valence-electron chi connectivity index (χ1n) is 6.28. The molecule has 0 spiro atoms. The van der Waals surface area contributed by atoms with Crippen molar-refractivity contribution >= 4 is 5.97 Å². The van der Waals surface area contributed by atoms with E-state index in [9.17, 15) is 4.79 Å². The second-order valence-electron chi connectivity index (χ2n) is 3.94. The Hall–Kier alpha value is -1.83. The maximum Gasteiger partial charge on any atom is 0.317 e. The van der Waals surface area contributed by atoms with Crippen molar-refractivity contribution < 1.29 is 19.0 Å². The molecule has 0 bridgehead atoms. The van der Waals surface area contributed by atoms with Gasteiger partial charge in [0.2, 0.25) is 0 Å². The minimum Gasteiger partial charge on any atom is -0.465 e. The Morgan fingerprint density at radius 1 is 1.37 bits per heavy atom. The minimum absolute atomic E-state index is 0.0918. The van der Waals surface area contributed by atoms with E-state index in [0.29, 0.717) is 19.8 Å². The molecule has 0 unspecified atom stereocenters. The van der Waals surface area contributed by atoms with E-state index < -0.39 is 0 Å². The molecule has 0 aromatic heterocycles. The van der Waals surface area contributed by atoms with Crippen molar-refractivity contribution in [3.63, 3.8) is 0 Å². The normalized spacial score (nSPS) is 14.8. The summed E-state index contributed by atoms with van der Waals surface area (Å²) in [4.78, 5) is 11.2. The second-order valence-corrected chi connectivity index (χ2v) is 3.94. The topological polar surface area (TPSA) is 44.8 Å². The summed E-state index contributed by atoms with van der Waals surface area (Å²) in [5.41, 5.74) is 1.72. The van der Waals surface area contributed by atoms with E-state index >= 15 is 0 Å². The van der Waals surface area contributed by atoms with Crippen molar-refractivity contribution in [2.24, 2.45) is 0 Å². The highest BCUT2D eigenvalue weighted by Gasteiger charge is 2.20. The Morgan fingerprint density at radius 2 is 2.11 bits per heavy atom. The molecule has 1 aromatic rings. The molecular weight excluding hydrogens is 244 g/mol. The van der Waals surface area contributed by atoms with E-state index in [1.165, 1.54) is 0 Å². The van der Waals surface area contributed by atoms with Crippen LogP contribution in [0.25, 0.3) is 0 Å². The van der Waals surface area contributed by atoms with Gasteiger partial charge in [-0.25, -0.2) is 0 Å². The van der Waals surface area contributed by atoms with Gasteiger partial charge in [0.1, 0.15) is 6.42 Å². The van der Waals surface area contributed by atoms with E-state index in [1.54, 1.807) is 6.92 Å². The van der Waals surface area contributed by atoms with Gasteiger partial charge >= 0.3 is 5.97 Å². The molecule has 4 nitrogen and oxygen atoms in total. The Kier molecular flexibility index (Phi) is 4.96. The number of carbonyl (C=O) groups excluding carboxylic acids is 1. The van der Waals surface area contributed by atoms with Gasteiger partial charge in [-0.15, -0.1) is 0 Å². The maximum absolute atomic E-state index is 11.2. The number of carbonyl (C=O) groups is 1. The van der Waals surface area contributed by atoms with Gasteiger partial charge in [0.25, 0.3) is 0 Å². The Labute approximate surface area is 112 Å². The van der Waals surface area contributed by atoms with E-state index in [4.69, 9.17) is 14.2 Å². The molecule has 100 valence electrons. The molecule has 0 atom stereocenters. The van der Waals surface area contributed by atoms with E-state index in [1.807, 2.05) is 24.3 Å². The van der Waals surface area contributed by atoms with Crippen LogP contribution in [-0.4, -0.2) is 25.8 Å². The number of ether oxygens (including phenoxy) is 3. The molecule has 0 aliphatic carbocycles. The zero-order valence-corrected chi connectivity index (χ0v) is 10.8. The zero-order valence-electron chi connectivity index (χ0n) is 10.8. The molecule has 0 amide bonds. The average Bonchev–Trinajstić information content (AvgIpc) is 2.93. The van der Waals surface area contributed by atoms with E-state index in [0.717, 1.165) is 11.1 Å². The fourth-order valence-electron chi connectivity index (χ4n) is 1.78. The molecule has 1 aliphatic heterocycles. The third-order valence-corrected chi connectivity index (χ3v) is 2.60. The molecule has 1 heterocycles. The van der Waals surface area contributed by atoms with Crippen molar-refractivity contribution in [3.8, 4) is 11.8 Å². The second kappa shape index (κ2) is 6.93. The van der Waals surface area contributed by atoms with Gasteiger partial charge in [-0.2, -0.15) is 0 Å². The summed E-state index contributed by atoms with van der Waals surface area (Å²) in [5, 5.41) is 0. The molecule has 1 saturated heterocycles. The first kappa shape index (κ1) is 13.6. The molecule has 1 aliphatic rings. The highest BCUT2D eigenvalue weighted by atomic mass is 16.7. The van der Waals surface area contributed by atoms with Crippen LogP contribution in [0.5, 0.6) is 0 Å². The third kappa shape index (κ3) is 3.82. The van der Waals surface area contributed by atoms with Crippen LogP contribution in [0.4, 0.5) is 0 Å². The Bertz CT molecular complexity index is 492. The van der Waals surface area contributed by atoms with Crippen LogP contribution in [0.1, 0.15) is 30.8 Å². The summed E-state index contributed by atoms with van der Waals surface area (Å²) < 4.78 is 15.7. The zero-order chi connectivity index (χ0) is 13.5. The van der Waals surface area contributed by atoms with Crippen LogP contribution in [-0.2, 0) is 19.0 Å². The first-order valence-corrected chi connectivity index (χ1v) is 6.28. The van der Waals surface area contributed by atoms with Gasteiger partial charge in [0, 0.05) is 11.1 Å². The summed E-state index contributed by atoms with van der Waals surface area (Å²) in [6.45, 7) is 3.33. The maximum atomic E-state index is 11.2. The van der Waals surface area contributed by atoms with E-state index in [-0.39, 0.29) is 18.7 Å². The van der Waals surface area contributed by atoms with Gasteiger partial charge in [-0.05, 0) is 13.0 Å². The lowest BCUT2D eigenvalue weighted by Gasteiger charge is -2.10. The largest absolute Gasteiger partial charge is 0.465 e. The summed E-state index contributed by atoms with van der Waals surface area (Å²) in [7, 11) is 0. The summed E-state index contributed by atoms with van der Waals surface area (Å²) >= 11 is 0. The standard InChI is InChI=1S/C15H16O4/c1-2-17-14(16)9-5-7-12-6-3-4-8-13(12)15-18-10-11-19-15/h3-4,6,8,15H,2,9-11H2,1H3. The number of hydrogen-bond acceptors (Lipinski definition) is 4. The molecule has 4 heteroatoms. The lowest BCUT2D eigenvalue weighted by Crippen LogP contribution is -2.02. The molecule has 19 heavy (non-hydrogen) atoms. The number of benzene rings is 1. The monoisotopic (exact) mass is 260 g/mol. The highest BCUT2D eigenvalue weighted by Crippen LogP contribution is 2.25. The van der Waals surface area contributed by atoms with Crippen LogP contribution in [0, 0.1) is 11.8 Å². The third-order valence-electron chi connectivity index (χ3n) is 2.60. The fourth-order valence-corrected chi connectivity index (χ4v) is 1.78. The van der Waals surface area contributed by atoms with Crippen molar-refractivity contribution in [3.05, 3.63) is 35.4 Å². The lowest BCUT2D eigenvalue weighted by atomic mass is 10.1.